The van der Waals surface area contributed by atoms with Crippen molar-refractivity contribution in [1.82, 2.24) is 0 Å². The Labute approximate surface area is 163 Å². The molecule has 0 aliphatic carbocycles. The number of halogens is 1. The predicted octanol–water partition coefficient (Wildman–Crippen LogP) is 3.49. The zero-order valence-corrected chi connectivity index (χ0v) is 16.3. The highest BCUT2D eigenvalue weighted by molar-refractivity contribution is 5.97. The number of fused-ring (bicyclic) bond motifs is 1. The average Bonchev–Trinajstić information content (AvgIpc) is 2.61. The molecule has 2 aromatic carbocycles. The summed E-state index contributed by atoms with van der Waals surface area (Å²) in [6, 6.07) is 8.46. The Morgan fingerprint density at radius 1 is 1.21 bits per heavy atom. The third-order valence-corrected chi connectivity index (χ3v) is 4.61. The topological polar surface area (TPSA) is 70.7 Å². The monoisotopic (exact) mass is 385 g/mol. The van der Waals surface area contributed by atoms with Crippen LogP contribution < -0.4 is 20.3 Å². The van der Waals surface area contributed by atoms with Crippen molar-refractivity contribution in [3.05, 3.63) is 47.3 Å². The Bertz CT molecular complexity index is 914. The molecule has 2 aromatic rings. The van der Waals surface area contributed by atoms with E-state index in [0.29, 0.717) is 29.4 Å². The summed E-state index contributed by atoms with van der Waals surface area (Å²) in [6.45, 7) is 3.92. The number of hydrogen-bond acceptors (Lipinski definition) is 4. The van der Waals surface area contributed by atoms with Crippen LogP contribution in [0, 0.1) is 12.7 Å². The Balaban J connectivity index is 1.78. The quantitative estimate of drug-likeness (QED) is 0.827. The van der Waals surface area contributed by atoms with Crippen LogP contribution in [0.5, 0.6) is 5.75 Å². The van der Waals surface area contributed by atoms with E-state index < -0.39 is 0 Å². The minimum Gasteiger partial charge on any atom is -0.495 e. The molecule has 2 N–H and O–H groups in total. The summed E-state index contributed by atoms with van der Waals surface area (Å²) in [5, 5.41) is 5.48. The van der Waals surface area contributed by atoms with Gasteiger partial charge in [0.25, 0.3) is 0 Å². The summed E-state index contributed by atoms with van der Waals surface area (Å²) in [5.74, 6) is -0.319. The number of methoxy groups -OCH3 is 1. The minimum atomic E-state index is -0.298. The van der Waals surface area contributed by atoms with Gasteiger partial charge in [-0.3, -0.25) is 9.59 Å². The lowest BCUT2D eigenvalue weighted by molar-refractivity contribution is -0.115. The number of carbonyl (C=O) groups excluding carboxylic acids is 2. The van der Waals surface area contributed by atoms with Crippen molar-refractivity contribution in [1.29, 1.82) is 0 Å². The SMILES string of the molecule is COc1ccc(NC(C)=O)cc1NC(=O)CN1CCCc2cc(C)cc(F)c21. The summed E-state index contributed by atoms with van der Waals surface area (Å²) in [4.78, 5) is 25.7. The molecule has 0 atom stereocenters. The van der Waals surface area contributed by atoms with Crippen molar-refractivity contribution >= 4 is 28.9 Å². The fraction of sp³-hybridized carbons (Fsp3) is 0.333. The molecule has 0 unspecified atom stereocenters. The van der Waals surface area contributed by atoms with Gasteiger partial charge in [0.15, 0.2) is 0 Å². The van der Waals surface area contributed by atoms with Gasteiger partial charge in [-0.1, -0.05) is 6.07 Å². The first-order valence-electron chi connectivity index (χ1n) is 9.17. The molecule has 1 aliphatic heterocycles. The Kier molecular flexibility index (Phi) is 5.82. The van der Waals surface area contributed by atoms with Gasteiger partial charge in [0.1, 0.15) is 11.6 Å². The fourth-order valence-electron chi connectivity index (χ4n) is 3.53. The fourth-order valence-corrected chi connectivity index (χ4v) is 3.53. The Morgan fingerprint density at radius 3 is 2.71 bits per heavy atom. The zero-order valence-electron chi connectivity index (χ0n) is 16.3. The Hall–Kier alpha value is -3.09. The van der Waals surface area contributed by atoms with Gasteiger partial charge in [0.2, 0.25) is 11.8 Å². The largest absolute Gasteiger partial charge is 0.495 e. The molecule has 148 valence electrons. The normalized spacial score (nSPS) is 12.9. The van der Waals surface area contributed by atoms with Crippen molar-refractivity contribution < 1.29 is 18.7 Å². The average molecular weight is 385 g/mol. The van der Waals surface area contributed by atoms with Gasteiger partial charge in [-0.15, -0.1) is 0 Å². The summed E-state index contributed by atoms with van der Waals surface area (Å²) in [7, 11) is 1.50. The standard InChI is InChI=1S/C21H24FN3O3/c1-13-9-15-5-4-8-25(21(15)17(22)10-13)12-20(27)24-18-11-16(23-14(2)26)6-7-19(18)28-3/h6-7,9-11H,4-5,8,12H2,1-3H3,(H,23,26)(H,24,27). The number of amides is 2. The van der Waals surface area contributed by atoms with Crippen LogP contribution in [0.2, 0.25) is 0 Å². The first-order valence-corrected chi connectivity index (χ1v) is 9.17. The number of aryl methyl sites for hydroxylation is 2. The molecule has 1 heterocycles. The molecule has 0 fully saturated rings. The molecule has 0 saturated carbocycles. The maximum atomic E-state index is 14.5. The van der Waals surface area contributed by atoms with E-state index in [2.05, 4.69) is 10.6 Å². The van der Waals surface area contributed by atoms with Crippen molar-refractivity contribution in [2.24, 2.45) is 0 Å². The van der Waals surface area contributed by atoms with E-state index in [4.69, 9.17) is 4.74 Å². The van der Waals surface area contributed by atoms with Gasteiger partial charge >= 0.3 is 0 Å². The molecule has 28 heavy (non-hydrogen) atoms. The molecule has 6 nitrogen and oxygen atoms in total. The highest BCUT2D eigenvalue weighted by atomic mass is 19.1. The number of rotatable bonds is 5. The van der Waals surface area contributed by atoms with E-state index >= 15 is 0 Å². The van der Waals surface area contributed by atoms with E-state index in [1.807, 2.05) is 13.0 Å². The molecule has 0 spiro atoms. The molecule has 2 amide bonds. The van der Waals surface area contributed by atoms with E-state index in [9.17, 15) is 14.0 Å². The third-order valence-electron chi connectivity index (χ3n) is 4.61. The first kappa shape index (κ1) is 19.7. The van der Waals surface area contributed by atoms with E-state index in [0.717, 1.165) is 24.0 Å². The molecular formula is C21H24FN3O3. The van der Waals surface area contributed by atoms with Crippen LogP contribution in [-0.4, -0.2) is 32.0 Å². The number of nitrogens with one attached hydrogen (secondary N) is 2. The lowest BCUT2D eigenvalue weighted by Crippen LogP contribution is -2.37. The van der Waals surface area contributed by atoms with Crippen LogP contribution in [-0.2, 0) is 16.0 Å². The summed E-state index contributed by atoms with van der Waals surface area (Å²) >= 11 is 0. The Morgan fingerprint density at radius 2 is 2.00 bits per heavy atom. The highest BCUT2D eigenvalue weighted by Gasteiger charge is 2.23. The van der Waals surface area contributed by atoms with Crippen molar-refractivity contribution in [3.8, 4) is 5.75 Å². The molecule has 0 bridgehead atoms. The van der Waals surface area contributed by atoms with E-state index in [-0.39, 0.29) is 24.2 Å². The number of nitrogens with zero attached hydrogens (tertiary/aromatic N) is 1. The summed E-state index contributed by atoms with van der Waals surface area (Å²) in [5.41, 5.74) is 3.31. The summed E-state index contributed by atoms with van der Waals surface area (Å²) < 4.78 is 19.8. The van der Waals surface area contributed by atoms with Gasteiger partial charge in [-0.05, 0) is 55.2 Å². The third kappa shape index (κ3) is 4.42. The second kappa shape index (κ2) is 8.29. The van der Waals surface area contributed by atoms with Gasteiger partial charge in [-0.2, -0.15) is 0 Å². The maximum Gasteiger partial charge on any atom is 0.243 e. The van der Waals surface area contributed by atoms with Crippen molar-refractivity contribution in [2.45, 2.75) is 26.7 Å². The van der Waals surface area contributed by atoms with Crippen LogP contribution in [0.1, 0.15) is 24.5 Å². The first-order chi connectivity index (χ1) is 13.4. The van der Waals surface area contributed by atoms with E-state index in [1.165, 1.54) is 20.1 Å². The van der Waals surface area contributed by atoms with Gasteiger partial charge in [0.05, 0.1) is 25.0 Å². The van der Waals surface area contributed by atoms with Crippen molar-refractivity contribution in [2.75, 3.05) is 35.7 Å². The number of benzene rings is 2. The number of anilines is 3. The van der Waals surface area contributed by atoms with Crippen LogP contribution >= 0.6 is 0 Å². The lowest BCUT2D eigenvalue weighted by atomic mass is 9.99. The van der Waals surface area contributed by atoms with E-state index in [1.54, 1.807) is 23.1 Å². The number of hydrogen-bond donors (Lipinski definition) is 2. The number of carbonyl (C=O) groups is 2. The van der Waals surface area contributed by atoms with Gasteiger partial charge < -0.3 is 20.3 Å². The van der Waals surface area contributed by atoms with Crippen molar-refractivity contribution in [3.63, 3.8) is 0 Å². The molecular weight excluding hydrogens is 361 g/mol. The highest BCUT2D eigenvalue weighted by Crippen LogP contribution is 2.32. The number of ether oxygens (including phenoxy) is 1. The minimum absolute atomic E-state index is 0.0283. The van der Waals surface area contributed by atoms with Gasteiger partial charge in [-0.25, -0.2) is 4.39 Å². The zero-order chi connectivity index (χ0) is 20.3. The van der Waals surface area contributed by atoms with Crippen LogP contribution in [0.4, 0.5) is 21.5 Å². The summed E-state index contributed by atoms with van der Waals surface area (Å²) in [6.07, 6.45) is 1.67. The maximum absolute atomic E-state index is 14.5. The molecule has 7 heteroatoms. The van der Waals surface area contributed by atoms with Crippen LogP contribution in [0.15, 0.2) is 30.3 Å². The molecule has 0 radical (unpaired) electrons. The molecule has 0 saturated heterocycles. The van der Waals surface area contributed by atoms with Gasteiger partial charge in [0, 0.05) is 19.2 Å². The molecule has 3 rings (SSSR count). The molecule has 1 aliphatic rings. The predicted molar refractivity (Wildman–Crippen MR) is 108 cm³/mol. The second-order valence-electron chi connectivity index (χ2n) is 6.92. The molecule has 0 aromatic heterocycles. The van der Waals surface area contributed by atoms with Crippen LogP contribution in [0.3, 0.4) is 0 Å². The smallest absolute Gasteiger partial charge is 0.243 e. The van der Waals surface area contributed by atoms with Crippen LogP contribution in [0.25, 0.3) is 0 Å². The lowest BCUT2D eigenvalue weighted by Gasteiger charge is -2.31. The second-order valence-corrected chi connectivity index (χ2v) is 6.92.